The highest BCUT2D eigenvalue weighted by Gasteiger charge is 2.49. The molecule has 4 heterocycles. The number of aromatic nitrogens is 3. The van der Waals surface area contributed by atoms with Gasteiger partial charge in [0, 0.05) is 69.5 Å². The number of ether oxygens (including phenoxy) is 1. The topological polar surface area (TPSA) is 83.5 Å². The summed E-state index contributed by atoms with van der Waals surface area (Å²) in [6.07, 6.45) is 11.2. The predicted molar refractivity (Wildman–Crippen MR) is 111 cm³/mol. The van der Waals surface area contributed by atoms with Gasteiger partial charge in [-0.1, -0.05) is 0 Å². The molecule has 3 fully saturated rings. The Balaban J connectivity index is 1.25. The number of rotatable bonds is 5. The zero-order chi connectivity index (χ0) is 20.8. The van der Waals surface area contributed by atoms with Crippen molar-refractivity contribution in [2.24, 2.45) is 18.9 Å². The maximum atomic E-state index is 13.3. The third kappa shape index (κ3) is 3.23. The number of likely N-dealkylation sites (tertiary alicyclic amines) is 2. The molecule has 2 aromatic heterocycles. The number of nitrogens with zero attached hydrogens (tertiary/aromatic N) is 4. The van der Waals surface area contributed by atoms with Crippen molar-refractivity contribution in [1.82, 2.24) is 24.6 Å². The van der Waals surface area contributed by atoms with Gasteiger partial charge in [0.15, 0.2) is 0 Å². The molecule has 2 aromatic rings. The van der Waals surface area contributed by atoms with Gasteiger partial charge in [-0.2, -0.15) is 5.10 Å². The Labute approximate surface area is 176 Å². The highest BCUT2D eigenvalue weighted by Crippen LogP contribution is 2.38. The van der Waals surface area contributed by atoms with Gasteiger partial charge >= 0.3 is 0 Å². The molecule has 8 nitrogen and oxygen atoms in total. The van der Waals surface area contributed by atoms with Gasteiger partial charge in [-0.15, -0.1) is 0 Å². The van der Waals surface area contributed by atoms with Crippen molar-refractivity contribution < 1.29 is 14.3 Å². The summed E-state index contributed by atoms with van der Waals surface area (Å²) in [6.45, 7) is 2.03. The number of methoxy groups -OCH3 is 1. The van der Waals surface area contributed by atoms with Crippen LogP contribution in [0, 0.1) is 11.8 Å². The molecule has 5 rings (SSSR count). The van der Waals surface area contributed by atoms with E-state index in [1.165, 1.54) is 0 Å². The number of carbonyl (C=O) groups is 2. The van der Waals surface area contributed by atoms with Crippen molar-refractivity contribution in [1.29, 1.82) is 0 Å². The van der Waals surface area contributed by atoms with E-state index in [9.17, 15) is 9.59 Å². The molecular weight excluding hydrogens is 382 g/mol. The molecule has 0 radical (unpaired) electrons. The van der Waals surface area contributed by atoms with Gasteiger partial charge in [0.05, 0.1) is 23.8 Å². The number of nitrogens with one attached hydrogen (secondary N) is 1. The Kier molecular flexibility index (Phi) is 4.89. The van der Waals surface area contributed by atoms with Gasteiger partial charge in [0.1, 0.15) is 0 Å². The number of H-pyrrole nitrogens is 1. The first kappa shape index (κ1) is 19.4. The second-order valence-corrected chi connectivity index (χ2v) is 9.01. The Morgan fingerprint density at radius 2 is 1.97 bits per heavy atom. The molecule has 0 aromatic carbocycles. The average molecular weight is 412 g/mol. The maximum Gasteiger partial charge on any atom is 0.256 e. The standard InChI is InChI=1S/C22H29N5O3/c1-25-10-16(7-24-25)19-8-23-9-20(19)22(29)27-12-17-6-18(27)11-26(17)21(28)15-4-3-14(5-15)13-30-2/h7-10,14-15,17-18,23H,3-6,11-13H2,1-2H3/t14-,15+,17+,18+/m1/s1. The van der Waals surface area contributed by atoms with Crippen LogP contribution < -0.4 is 0 Å². The molecule has 1 aliphatic carbocycles. The van der Waals surface area contributed by atoms with Crippen molar-refractivity contribution in [2.75, 3.05) is 26.8 Å². The lowest BCUT2D eigenvalue weighted by atomic mass is 10.0. The predicted octanol–water partition coefficient (Wildman–Crippen LogP) is 1.90. The van der Waals surface area contributed by atoms with E-state index in [0.717, 1.165) is 43.4 Å². The molecule has 4 atom stereocenters. The first-order chi connectivity index (χ1) is 14.5. The van der Waals surface area contributed by atoms with E-state index in [1.54, 1.807) is 24.2 Å². The van der Waals surface area contributed by atoms with E-state index < -0.39 is 0 Å². The molecule has 0 unspecified atom stereocenters. The lowest BCUT2D eigenvalue weighted by Crippen LogP contribution is -2.51. The minimum absolute atomic E-state index is 0.0377. The molecule has 0 spiro atoms. The number of fused-ring (bicyclic) bond motifs is 2. The molecule has 8 heteroatoms. The summed E-state index contributed by atoms with van der Waals surface area (Å²) in [7, 11) is 3.59. The number of piperazine rings is 1. The number of aromatic amines is 1. The van der Waals surface area contributed by atoms with Gasteiger partial charge in [-0.05, 0) is 31.6 Å². The highest BCUT2D eigenvalue weighted by atomic mass is 16.5. The van der Waals surface area contributed by atoms with Gasteiger partial charge < -0.3 is 19.5 Å². The van der Waals surface area contributed by atoms with Crippen LogP contribution in [-0.2, 0) is 16.6 Å². The van der Waals surface area contributed by atoms with Crippen LogP contribution in [0.3, 0.4) is 0 Å². The second-order valence-electron chi connectivity index (χ2n) is 9.01. The highest BCUT2D eigenvalue weighted by molar-refractivity contribution is 6.01. The van der Waals surface area contributed by atoms with Gasteiger partial charge in [-0.3, -0.25) is 14.3 Å². The number of hydrogen-bond donors (Lipinski definition) is 1. The van der Waals surface area contributed by atoms with E-state index in [-0.39, 0.29) is 29.8 Å². The zero-order valence-electron chi connectivity index (χ0n) is 17.6. The summed E-state index contributed by atoms with van der Waals surface area (Å²) in [6, 6.07) is 0.257. The molecule has 1 saturated carbocycles. The molecule has 2 saturated heterocycles. The normalized spacial score (nSPS) is 27.9. The summed E-state index contributed by atoms with van der Waals surface area (Å²) in [5.74, 6) is 0.943. The Morgan fingerprint density at radius 1 is 1.17 bits per heavy atom. The van der Waals surface area contributed by atoms with E-state index in [1.807, 2.05) is 29.2 Å². The Hall–Kier alpha value is -2.61. The van der Waals surface area contributed by atoms with Crippen molar-refractivity contribution in [3.8, 4) is 11.1 Å². The van der Waals surface area contributed by atoms with E-state index in [4.69, 9.17) is 4.74 Å². The van der Waals surface area contributed by atoms with Gasteiger partial charge in [0.25, 0.3) is 5.91 Å². The summed E-state index contributed by atoms with van der Waals surface area (Å²) < 4.78 is 7.00. The Morgan fingerprint density at radius 3 is 2.67 bits per heavy atom. The van der Waals surface area contributed by atoms with Crippen LogP contribution in [0.4, 0.5) is 0 Å². The lowest BCUT2D eigenvalue weighted by molar-refractivity contribution is -0.137. The molecule has 1 N–H and O–H groups in total. The number of carbonyl (C=O) groups excluding carboxylic acids is 2. The largest absolute Gasteiger partial charge is 0.384 e. The molecule has 2 aliphatic heterocycles. The van der Waals surface area contributed by atoms with E-state index >= 15 is 0 Å². The van der Waals surface area contributed by atoms with Crippen molar-refractivity contribution >= 4 is 11.8 Å². The fraction of sp³-hybridized carbons (Fsp3) is 0.591. The van der Waals surface area contributed by atoms with Crippen LogP contribution in [0.1, 0.15) is 36.0 Å². The minimum atomic E-state index is 0.0377. The van der Waals surface area contributed by atoms with Gasteiger partial charge in [-0.25, -0.2) is 0 Å². The second kappa shape index (κ2) is 7.58. The average Bonchev–Trinajstić information content (AvgIpc) is 3.54. The zero-order valence-corrected chi connectivity index (χ0v) is 17.6. The molecular formula is C22H29N5O3. The van der Waals surface area contributed by atoms with Crippen LogP contribution in [0.25, 0.3) is 11.1 Å². The molecule has 30 heavy (non-hydrogen) atoms. The summed E-state index contributed by atoms with van der Waals surface area (Å²) >= 11 is 0. The van der Waals surface area contributed by atoms with Crippen LogP contribution >= 0.6 is 0 Å². The number of hydrogen-bond acceptors (Lipinski definition) is 4. The maximum absolute atomic E-state index is 13.3. The third-order valence-corrected chi connectivity index (χ3v) is 7.07. The third-order valence-electron chi connectivity index (χ3n) is 7.07. The quantitative estimate of drug-likeness (QED) is 0.815. The fourth-order valence-electron chi connectivity index (χ4n) is 5.60. The summed E-state index contributed by atoms with van der Waals surface area (Å²) in [4.78, 5) is 33.5. The van der Waals surface area contributed by atoms with Gasteiger partial charge in [0.2, 0.25) is 5.91 Å². The smallest absolute Gasteiger partial charge is 0.256 e. The first-order valence-corrected chi connectivity index (χ1v) is 10.8. The Bertz CT molecular complexity index is 950. The molecule has 2 bridgehead atoms. The fourth-order valence-corrected chi connectivity index (χ4v) is 5.60. The lowest BCUT2D eigenvalue weighted by Gasteiger charge is -2.35. The molecule has 160 valence electrons. The minimum Gasteiger partial charge on any atom is -0.384 e. The van der Waals surface area contributed by atoms with Crippen molar-refractivity contribution in [2.45, 2.75) is 37.8 Å². The summed E-state index contributed by atoms with van der Waals surface area (Å²) in [5, 5.41) is 4.22. The van der Waals surface area contributed by atoms with Crippen molar-refractivity contribution in [3.05, 3.63) is 30.4 Å². The van der Waals surface area contributed by atoms with Crippen LogP contribution in [-0.4, -0.2) is 75.3 Å². The van der Waals surface area contributed by atoms with E-state index in [2.05, 4.69) is 10.1 Å². The van der Waals surface area contributed by atoms with Crippen LogP contribution in [0.5, 0.6) is 0 Å². The summed E-state index contributed by atoms with van der Waals surface area (Å²) in [5.41, 5.74) is 2.47. The first-order valence-electron chi connectivity index (χ1n) is 10.8. The monoisotopic (exact) mass is 411 g/mol. The SMILES string of the molecule is COC[C@@H]1CC[C@H](C(=O)N2C[C@@H]3C[C@H]2CN3C(=O)c2c[nH]cc2-c2cnn(C)c2)C1. The van der Waals surface area contributed by atoms with Crippen LogP contribution in [0.2, 0.25) is 0 Å². The molecule has 3 aliphatic rings. The number of amides is 2. The van der Waals surface area contributed by atoms with Crippen molar-refractivity contribution in [3.63, 3.8) is 0 Å². The van der Waals surface area contributed by atoms with Crippen LogP contribution in [0.15, 0.2) is 24.8 Å². The molecule has 2 amide bonds. The van der Waals surface area contributed by atoms with E-state index in [0.29, 0.717) is 24.6 Å². The number of aryl methyl sites for hydroxylation is 1.